The van der Waals surface area contributed by atoms with Crippen LogP contribution in [-0.4, -0.2) is 49.7 Å². The second kappa shape index (κ2) is 7.20. The zero-order valence-electron chi connectivity index (χ0n) is 12.0. The lowest BCUT2D eigenvalue weighted by Gasteiger charge is -2.32. The van der Waals surface area contributed by atoms with Gasteiger partial charge in [-0.25, -0.2) is 0 Å². The van der Waals surface area contributed by atoms with Crippen LogP contribution in [0.5, 0.6) is 0 Å². The fourth-order valence-electron chi connectivity index (χ4n) is 2.33. The van der Waals surface area contributed by atoms with Crippen LogP contribution in [0, 0.1) is 6.92 Å². The molecule has 1 amide bonds. The molecule has 0 bridgehead atoms. The van der Waals surface area contributed by atoms with Crippen LogP contribution in [0.25, 0.3) is 0 Å². The lowest BCUT2D eigenvalue weighted by atomic mass is 10.1. The smallest absolute Gasteiger partial charge is 0.251 e. The first-order chi connectivity index (χ1) is 9.60. The van der Waals surface area contributed by atoms with Crippen LogP contribution in [0.3, 0.4) is 0 Å². The van der Waals surface area contributed by atoms with Crippen LogP contribution in [0.1, 0.15) is 22.8 Å². The number of morpholine rings is 1. The molecule has 2 rings (SSSR count). The monoisotopic (exact) mass is 340 g/mol. The van der Waals surface area contributed by atoms with Gasteiger partial charge in [0.15, 0.2) is 0 Å². The van der Waals surface area contributed by atoms with Crippen molar-refractivity contribution in [3.05, 3.63) is 33.8 Å². The summed E-state index contributed by atoms with van der Waals surface area (Å²) in [6, 6.07) is 5.73. The van der Waals surface area contributed by atoms with E-state index in [1.165, 1.54) is 0 Å². The SMILES string of the molecule is CCN1CCOC(CNC(=O)c2cc(Br)ccc2C)C1. The molecule has 1 atom stereocenters. The maximum Gasteiger partial charge on any atom is 0.251 e. The maximum atomic E-state index is 12.2. The zero-order chi connectivity index (χ0) is 14.5. The van der Waals surface area contributed by atoms with E-state index in [2.05, 4.69) is 33.1 Å². The van der Waals surface area contributed by atoms with Crippen molar-refractivity contribution in [1.29, 1.82) is 0 Å². The number of benzene rings is 1. The van der Waals surface area contributed by atoms with E-state index >= 15 is 0 Å². The van der Waals surface area contributed by atoms with E-state index in [4.69, 9.17) is 4.74 Å². The van der Waals surface area contributed by atoms with Gasteiger partial charge in [0.05, 0.1) is 12.7 Å². The molecule has 0 saturated carbocycles. The summed E-state index contributed by atoms with van der Waals surface area (Å²) in [5.41, 5.74) is 1.69. The zero-order valence-corrected chi connectivity index (χ0v) is 13.6. The maximum absolute atomic E-state index is 12.2. The minimum absolute atomic E-state index is 0.0407. The average Bonchev–Trinajstić information content (AvgIpc) is 2.47. The first kappa shape index (κ1) is 15.5. The van der Waals surface area contributed by atoms with Crippen LogP contribution in [-0.2, 0) is 4.74 Å². The van der Waals surface area contributed by atoms with Crippen molar-refractivity contribution in [3.63, 3.8) is 0 Å². The van der Waals surface area contributed by atoms with Crippen LogP contribution in [0.4, 0.5) is 0 Å². The second-order valence-electron chi connectivity index (χ2n) is 5.06. The summed E-state index contributed by atoms with van der Waals surface area (Å²) in [7, 11) is 0. The molecule has 1 N–H and O–H groups in total. The van der Waals surface area contributed by atoms with Crippen LogP contribution >= 0.6 is 15.9 Å². The van der Waals surface area contributed by atoms with Gasteiger partial charge in [0, 0.05) is 29.7 Å². The Hall–Kier alpha value is -0.910. The lowest BCUT2D eigenvalue weighted by Crippen LogP contribution is -2.47. The van der Waals surface area contributed by atoms with Gasteiger partial charge < -0.3 is 10.1 Å². The molecule has 1 aromatic rings. The number of ether oxygens (including phenoxy) is 1. The quantitative estimate of drug-likeness (QED) is 0.913. The Bertz CT molecular complexity index is 479. The van der Waals surface area contributed by atoms with Crippen molar-refractivity contribution in [2.24, 2.45) is 0 Å². The van der Waals surface area contributed by atoms with E-state index in [0.717, 1.165) is 36.3 Å². The highest BCUT2D eigenvalue weighted by Gasteiger charge is 2.20. The van der Waals surface area contributed by atoms with Gasteiger partial charge in [-0.3, -0.25) is 9.69 Å². The summed E-state index contributed by atoms with van der Waals surface area (Å²) < 4.78 is 6.60. The molecular weight excluding hydrogens is 320 g/mol. The summed E-state index contributed by atoms with van der Waals surface area (Å²) in [6.07, 6.45) is 0.0834. The van der Waals surface area contributed by atoms with E-state index < -0.39 is 0 Å². The number of carbonyl (C=O) groups is 1. The molecule has 4 nitrogen and oxygen atoms in total. The molecule has 1 unspecified atom stereocenters. The summed E-state index contributed by atoms with van der Waals surface area (Å²) >= 11 is 3.40. The van der Waals surface area contributed by atoms with Gasteiger partial charge in [-0.05, 0) is 31.2 Å². The average molecular weight is 341 g/mol. The van der Waals surface area contributed by atoms with E-state index in [9.17, 15) is 4.79 Å². The highest BCUT2D eigenvalue weighted by molar-refractivity contribution is 9.10. The molecule has 0 aromatic heterocycles. The standard InChI is InChI=1S/C15H21BrN2O2/c1-3-18-6-7-20-13(10-18)9-17-15(19)14-8-12(16)5-4-11(14)2/h4-5,8,13H,3,6-7,9-10H2,1-2H3,(H,17,19). The Morgan fingerprint density at radius 1 is 1.55 bits per heavy atom. The lowest BCUT2D eigenvalue weighted by molar-refractivity contribution is -0.0246. The third kappa shape index (κ3) is 4.04. The topological polar surface area (TPSA) is 41.6 Å². The molecule has 20 heavy (non-hydrogen) atoms. The number of amides is 1. The third-order valence-electron chi connectivity index (χ3n) is 3.60. The minimum atomic E-state index is -0.0407. The first-order valence-electron chi connectivity index (χ1n) is 6.98. The highest BCUT2D eigenvalue weighted by Crippen LogP contribution is 2.16. The summed E-state index contributed by atoms with van der Waals surface area (Å²) in [4.78, 5) is 14.5. The van der Waals surface area contributed by atoms with Gasteiger partial charge in [0.2, 0.25) is 0 Å². The normalized spacial score (nSPS) is 19.9. The Morgan fingerprint density at radius 2 is 2.35 bits per heavy atom. The number of halogens is 1. The van der Waals surface area contributed by atoms with Gasteiger partial charge >= 0.3 is 0 Å². The van der Waals surface area contributed by atoms with Gasteiger partial charge in [0.1, 0.15) is 0 Å². The Kier molecular flexibility index (Phi) is 5.57. The number of aryl methyl sites for hydroxylation is 1. The molecule has 0 aliphatic carbocycles. The molecule has 0 radical (unpaired) electrons. The molecule has 1 fully saturated rings. The molecule has 1 saturated heterocycles. The fourth-order valence-corrected chi connectivity index (χ4v) is 2.69. The minimum Gasteiger partial charge on any atom is -0.374 e. The predicted molar refractivity (Wildman–Crippen MR) is 83.1 cm³/mol. The number of nitrogens with zero attached hydrogens (tertiary/aromatic N) is 1. The van der Waals surface area contributed by atoms with Gasteiger partial charge in [-0.2, -0.15) is 0 Å². The Balaban J connectivity index is 1.90. The number of hydrogen-bond acceptors (Lipinski definition) is 3. The molecule has 1 aliphatic heterocycles. The van der Waals surface area contributed by atoms with Gasteiger partial charge in [0.25, 0.3) is 5.91 Å². The first-order valence-corrected chi connectivity index (χ1v) is 7.77. The van der Waals surface area contributed by atoms with Crippen molar-refractivity contribution in [1.82, 2.24) is 10.2 Å². The second-order valence-corrected chi connectivity index (χ2v) is 5.97. The predicted octanol–water partition coefficient (Wildman–Crippen LogP) is 2.21. The molecule has 0 spiro atoms. The Labute approximate surface area is 128 Å². The largest absolute Gasteiger partial charge is 0.374 e. The Morgan fingerprint density at radius 3 is 3.10 bits per heavy atom. The molecule has 1 aliphatic rings. The fraction of sp³-hybridized carbons (Fsp3) is 0.533. The summed E-state index contributed by atoms with van der Waals surface area (Å²) in [5, 5.41) is 2.97. The molecule has 1 heterocycles. The van der Waals surface area contributed by atoms with E-state index in [0.29, 0.717) is 12.1 Å². The van der Waals surface area contributed by atoms with Crippen molar-refractivity contribution in [2.75, 3.05) is 32.8 Å². The van der Waals surface area contributed by atoms with E-state index in [1.54, 1.807) is 0 Å². The van der Waals surface area contributed by atoms with E-state index in [1.807, 2.05) is 25.1 Å². The number of rotatable bonds is 4. The van der Waals surface area contributed by atoms with Crippen molar-refractivity contribution in [2.45, 2.75) is 20.0 Å². The molecule has 110 valence electrons. The third-order valence-corrected chi connectivity index (χ3v) is 4.10. The highest BCUT2D eigenvalue weighted by atomic mass is 79.9. The van der Waals surface area contributed by atoms with E-state index in [-0.39, 0.29) is 12.0 Å². The summed E-state index contributed by atoms with van der Waals surface area (Å²) in [5.74, 6) is -0.0407. The van der Waals surface area contributed by atoms with Crippen molar-refractivity contribution >= 4 is 21.8 Å². The van der Waals surface area contributed by atoms with Gasteiger partial charge in [-0.15, -0.1) is 0 Å². The number of carbonyl (C=O) groups excluding carboxylic acids is 1. The van der Waals surface area contributed by atoms with Crippen LogP contribution < -0.4 is 5.32 Å². The number of likely N-dealkylation sites (N-methyl/N-ethyl adjacent to an activating group) is 1. The van der Waals surface area contributed by atoms with Crippen LogP contribution in [0.2, 0.25) is 0 Å². The van der Waals surface area contributed by atoms with Crippen LogP contribution in [0.15, 0.2) is 22.7 Å². The molecular formula is C15H21BrN2O2. The summed E-state index contributed by atoms with van der Waals surface area (Å²) in [6.45, 7) is 8.27. The van der Waals surface area contributed by atoms with Gasteiger partial charge in [-0.1, -0.05) is 28.9 Å². The molecule has 1 aromatic carbocycles. The number of hydrogen-bond donors (Lipinski definition) is 1. The number of nitrogens with one attached hydrogen (secondary N) is 1. The van der Waals surface area contributed by atoms with Crippen molar-refractivity contribution in [3.8, 4) is 0 Å². The molecule has 5 heteroatoms. The van der Waals surface area contributed by atoms with Crippen molar-refractivity contribution < 1.29 is 9.53 Å².